The summed E-state index contributed by atoms with van der Waals surface area (Å²) in [6.45, 7) is 0. The molecule has 0 spiro atoms. The summed E-state index contributed by atoms with van der Waals surface area (Å²) in [7, 11) is 1.61. The molecule has 0 saturated carbocycles. The Morgan fingerprint density at radius 3 is 2.26 bits per heavy atom. The van der Waals surface area contributed by atoms with Crippen LogP contribution in [-0.4, -0.2) is 17.2 Å². The van der Waals surface area contributed by atoms with Crippen LogP contribution in [0.5, 0.6) is 5.75 Å². The van der Waals surface area contributed by atoms with Gasteiger partial charge in [-0.1, -0.05) is 54.6 Å². The second-order valence-electron chi connectivity index (χ2n) is 5.33. The molecule has 3 rings (SSSR count). The number of ether oxygens (including phenoxy) is 1. The second kappa shape index (κ2) is 7.07. The van der Waals surface area contributed by atoms with Gasteiger partial charge in [-0.25, -0.2) is 0 Å². The van der Waals surface area contributed by atoms with E-state index in [1.807, 2.05) is 72.8 Å². The highest BCUT2D eigenvalue weighted by atomic mass is 16.5. The summed E-state index contributed by atoms with van der Waals surface area (Å²) in [5.41, 5.74) is 2.61. The average molecular weight is 305 g/mol. The zero-order valence-electron chi connectivity index (χ0n) is 13.0. The quantitative estimate of drug-likeness (QED) is 0.776. The number of rotatable bonds is 5. The first-order valence-corrected chi connectivity index (χ1v) is 7.58. The molecule has 0 saturated heterocycles. The number of benzene rings is 2. The van der Waals surface area contributed by atoms with Crippen molar-refractivity contribution in [2.45, 2.75) is 12.0 Å². The van der Waals surface area contributed by atoms with E-state index < -0.39 is 6.10 Å². The van der Waals surface area contributed by atoms with Crippen LogP contribution in [0.25, 0.3) is 0 Å². The number of methoxy groups -OCH3 is 1. The first-order chi connectivity index (χ1) is 11.3. The lowest BCUT2D eigenvalue weighted by Crippen LogP contribution is -2.14. The van der Waals surface area contributed by atoms with Gasteiger partial charge in [0, 0.05) is 11.8 Å². The van der Waals surface area contributed by atoms with Gasteiger partial charge in [0.25, 0.3) is 0 Å². The summed E-state index contributed by atoms with van der Waals surface area (Å²) < 4.78 is 5.41. The van der Waals surface area contributed by atoms with E-state index in [1.165, 1.54) is 0 Å². The van der Waals surface area contributed by atoms with Crippen LogP contribution >= 0.6 is 0 Å². The third kappa shape index (κ3) is 3.25. The Morgan fingerprint density at radius 1 is 0.870 bits per heavy atom. The largest absolute Gasteiger partial charge is 0.496 e. The first-order valence-electron chi connectivity index (χ1n) is 7.58. The fraction of sp³-hybridized carbons (Fsp3) is 0.150. The molecular weight excluding hydrogens is 286 g/mol. The molecule has 0 bridgehead atoms. The van der Waals surface area contributed by atoms with Gasteiger partial charge in [-0.3, -0.25) is 4.98 Å². The van der Waals surface area contributed by atoms with E-state index in [0.29, 0.717) is 5.75 Å². The van der Waals surface area contributed by atoms with Crippen LogP contribution in [0.2, 0.25) is 0 Å². The van der Waals surface area contributed by atoms with Crippen molar-refractivity contribution < 1.29 is 9.84 Å². The Morgan fingerprint density at radius 2 is 1.57 bits per heavy atom. The Hall–Kier alpha value is -2.65. The van der Waals surface area contributed by atoms with Crippen molar-refractivity contribution in [1.29, 1.82) is 0 Å². The molecule has 3 aromatic rings. The number of aromatic nitrogens is 1. The zero-order chi connectivity index (χ0) is 16.1. The molecule has 1 aromatic heterocycles. The Kier molecular flexibility index (Phi) is 4.69. The topological polar surface area (TPSA) is 42.4 Å². The van der Waals surface area contributed by atoms with Gasteiger partial charge >= 0.3 is 0 Å². The predicted molar refractivity (Wildman–Crippen MR) is 90.5 cm³/mol. The standard InChI is InChI=1S/C20H19NO2/c1-23-18-13-6-5-11-16(18)20(22)19(15-9-3-2-4-10-15)17-12-7-8-14-21-17/h2-14,19-20,22H,1H3/t19-,20+/m0/s1. The minimum Gasteiger partial charge on any atom is -0.496 e. The van der Waals surface area contributed by atoms with E-state index >= 15 is 0 Å². The molecule has 0 radical (unpaired) electrons. The molecule has 0 fully saturated rings. The molecule has 0 aliphatic heterocycles. The summed E-state index contributed by atoms with van der Waals surface area (Å²) in [5.74, 6) is 0.422. The van der Waals surface area contributed by atoms with E-state index in [9.17, 15) is 5.11 Å². The zero-order valence-corrected chi connectivity index (χ0v) is 13.0. The maximum atomic E-state index is 11.1. The van der Waals surface area contributed by atoms with E-state index in [-0.39, 0.29) is 5.92 Å². The van der Waals surface area contributed by atoms with Crippen molar-refractivity contribution in [1.82, 2.24) is 4.98 Å². The highest BCUT2D eigenvalue weighted by molar-refractivity contribution is 5.40. The summed E-state index contributed by atoms with van der Waals surface area (Å²) >= 11 is 0. The van der Waals surface area contributed by atoms with Crippen molar-refractivity contribution >= 4 is 0 Å². The van der Waals surface area contributed by atoms with E-state index in [1.54, 1.807) is 13.3 Å². The number of hydrogen-bond donors (Lipinski definition) is 1. The van der Waals surface area contributed by atoms with E-state index in [2.05, 4.69) is 4.98 Å². The number of nitrogens with zero attached hydrogens (tertiary/aromatic N) is 1. The number of hydrogen-bond acceptors (Lipinski definition) is 3. The van der Waals surface area contributed by atoms with Gasteiger partial charge in [0.1, 0.15) is 5.75 Å². The number of aliphatic hydroxyl groups is 1. The smallest absolute Gasteiger partial charge is 0.124 e. The van der Waals surface area contributed by atoms with Crippen molar-refractivity contribution in [3.05, 3.63) is 95.8 Å². The van der Waals surface area contributed by atoms with Crippen LogP contribution < -0.4 is 4.74 Å². The second-order valence-corrected chi connectivity index (χ2v) is 5.33. The molecule has 23 heavy (non-hydrogen) atoms. The molecule has 1 N–H and O–H groups in total. The normalized spacial score (nSPS) is 13.3. The Bertz CT molecular complexity index is 704. The lowest BCUT2D eigenvalue weighted by atomic mass is 9.86. The summed E-state index contributed by atoms with van der Waals surface area (Å²) in [4.78, 5) is 4.46. The molecular formula is C20H19NO2. The Labute approximate surface area is 136 Å². The van der Waals surface area contributed by atoms with Gasteiger partial charge in [-0.05, 0) is 23.8 Å². The minimum absolute atomic E-state index is 0.256. The first kappa shape index (κ1) is 15.3. The van der Waals surface area contributed by atoms with E-state index in [4.69, 9.17) is 4.74 Å². The monoisotopic (exact) mass is 305 g/mol. The molecule has 0 aliphatic carbocycles. The van der Waals surface area contributed by atoms with Gasteiger partial charge in [-0.2, -0.15) is 0 Å². The molecule has 2 atom stereocenters. The van der Waals surface area contributed by atoms with Crippen LogP contribution in [0.3, 0.4) is 0 Å². The molecule has 1 heterocycles. The molecule has 0 unspecified atom stereocenters. The minimum atomic E-state index is -0.747. The number of para-hydroxylation sites is 1. The molecule has 2 aromatic carbocycles. The van der Waals surface area contributed by atoms with Crippen molar-refractivity contribution in [3.63, 3.8) is 0 Å². The summed E-state index contributed by atoms with van der Waals surface area (Å²) in [5, 5.41) is 11.1. The molecule has 116 valence electrons. The average Bonchev–Trinajstić information content (AvgIpc) is 2.63. The van der Waals surface area contributed by atoms with Crippen LogP contribution in [0, 0.1) is 0 Å². The SMILES string of the molecule is COc1ccccc1[C@@H](O)[C@@H](c1ccccc1)c1ccccn1. The van der Waals surface area contributed by atoms with Gasteiger partial charge < -0.3 is 9.84 Å². The van der Waals surface area contributed by atoms with E-state index in [0.717, 1.165) is 16.8 Å². The van der Waals surface area contributed by atoms with Gasteiger partial charge in [0.15, 0.2) is 0 Å². The molecule has 0 aliphatic rings. The van der Waals surface area contributed by atoms with Gasteiger partial charge in [0.2, 0.25) is 0 Å². The van der Waals surface area contributed by atoms with Crippen molar-refractivity contribution in [2.24, 2.45) is 0 Å². The highest BCUT2D eigenvalue weighted by Crippen LogP contribution is 2.38. The van der Waals surface area contributed by atoms with Crippen LogP contribution in [-0.2, 0) is 0 Å². The Balaban J connectivity index is 2.08. The lowest BCUT2D eigenvalue weighted by Gasteiger charge is -2.24. The fourth-order valence-electron chi connectivity index (χ4n) is 2.83. The van der Waals surface area contributed by atoms with Gasteiger partial charge in [0.05, 0.1) is 24.8 Å². The molecule has 3 heteroatoms. The maximum absolute atomic E-state index is 11.1. The predicted octanol–water partition coefficient (Wildman–Crippen LogP) is 3.96. The summed E-state index contributed by atoms with van der Waals surface area (Å²) in [6.07, 6.45) is 1.00. The van der Waals surface area contributed by atoms with Crippen molar-refractivity contribution in [3.8, 4) is 5.75 Å². The molecule has 0 amide bonds. The van der Waals surface area contributed by atoms with Crippen molar-refractivity contribution in [2.75, 3.05) is 7.11 Å². The fourth-order valence-corrected chi connectivity index (χ4v) is 2.83. The van der Waals surface area contributed by atoms with Gasteiger partial charge in [-0.15, -0.1) is 0 Å². The third-order valence-corrected chi connectivity index (χ3v) is 3.94. The van der Waals surface area contributed by atoms with Crippen LogP contribution in [0.1, 0.15) is 28.8 Å². The molecule has 3 nitrogen and oxygen atoms in total. The van der Waals surface area contributed by atoms with Crippen LogP contribution in [0.4, 0.5) is 0 Å². The maximum Gasteiger partial charge on any atom is 0.124 e. The number of pyridine rings is 1. The van der Waals surface area contributed by atoms with Crippen LogP contribution in [0.15, 0.2) is 79.0 Å². The summed E-state index contributed by atoms with van der Waals surface area (Å²) in [6, 6.07) is 23.2. The lowest BCUT2D eigenvalue weighted by molar-refractivity contribution is 0.153. The third-order valence-electron chi connectivity index (χ3n) is 3.94. The number of aliphatic hydroxyl groups excluding tert-OH is 1. The highest BCUT2D eigenvalue weighted by Gasteiger charge is 2.27.